The van der Waals surface area contributed by atoms with Crippen molar-refractivity contribution in [2.24, 2.45) is 11.8 Å². The molecule has 3 heterocycles. The van der Waals surface area contributed by atoms with Crippen LogP contribution in [-0.2, 0) is 24.4 Å². The van der Waals surface area contributed by atoms with Crippen LogP contribution in [0.15, 0.2) is 34.9 Å². The number of hydrogen-bond donors (Lipinski definition) is 1. The minimum Gasteiger partial charge on any atom is -0.465 e. The molecule has 1 aliphatic heterocycles. The average Bonchev–Trinajstić information content (AvgIpc) is 3.22. The van der Waals surface area contributed by atoms with Crippen molar-refractivity contribution in [2.45, 2.75) is 45.8 Å². The normalized spacial score (nSPS) is 20.9. The number of aromatic nitrogens is 1. The topological polar surface area (TPSA) is 50.4 Å². The quantitative estimate of drug-likeness (QED) is 0.879. The van der Waals surface area contributed by atoms with E-state index >= 15 is 0 Å². The molecule has 2 aromatic heterocycles. The number of furan rings is 1. The fourth-order valence-electron chi connectivity index (χ4n) is 3.72. The molecule has 1 N–H and O–H groups in total. The molecule has 1 unspecified atom stereocenters. The first kappa shape index (κ1) is 16.5. The van der Waals surface area contributed by atoms with E-state index in [-0.39, 0.29) is 5.91 Å². The summed E-state index contributed by atoms with van der Waals surface area (Å²) < 4.78 is 8.05. The Labute approximate surface area is 149 Å². The van der Waals surface area contributed by atoms with E-state index in [0.29, 0.717) is 12.3 Å². The summed E-state index contributed by atoms with van der Waals surface area (Å²) in [6.07, 6.45) is 5.27. The van der Waals surface area contributed by atoms with Crippen LogP contribution in [0.5, 0.6) is 0 Å². The van der Waals surface area contributed by atoms with Gasteiger partial charge in [-0.15, -0.1) is 0 Å². The molecule has 1 amide bonds. The molecule has 25 heavy (non-hydrogen) atoms. The Hall–Kier alpha value is -2.01. The van der Waals surface area contributed by atoms with E-state index in [0.717, 1.165) is 50.2 Å². The predicted octanol–water partition coefficient (Wildman–Crippen LogP) is 2.94. The van der Waals surface area contributed by atoms with Crippen LogP contribution in [0.1, 0.15) is 36.5 Å². The van der Waals surface area contributed by atoms with E-state index in [9.17, 15) is 4.79 Å². The molecule has 1 saturated carbocycles. The number of nitrogens with one attached hydrogen (secondary N) is 1. The minimum atomic E-state index is 0.196. The second kappa shape index (κ2) is 7.08. The molecule has 1 aliphatic carbocycles. The van der Waals surface area contributed by atoms with E-state index < -0.39 is 0 Å². The zero-order chi connectivity index (χ0) is 17.2. The van der Waals surface area contributed by atoms with E-state index in [2.05, 4.69) is 39.2 Å². The third-order valence-electron chi connectivity index (χ3n) is 5.21. The number of aryl methyl sites for hydroxylation is 1. The van der Waals surface area contributed by atoms with Crippen LogP contribution in [0.2, 0.25) is 0 Å². The highest BCUT2D eigenvalue weighted by molar-refractivity contribution is 5.76. The van der Waals surface area contributed by atoms with E-state index in [1.807, 2.05) is 13.0 Å². The van der Waals surface area contributed by atoms with Gasteiger partial charge in [-0.05, 0) is 55.9 Å². The monoisotopic (exact) mass is 341 g/mol. The maximum Gasteiger partial charge on any atom is 0.220 e. The van der Waals surface area contributed by atoms with Crippen molar-refractivity contribution >= 4 is 5.91 Å². The van der Waals surface area contributed by atoms with Gasteiger partial charge < -0.3 is 14.3 Å². The summed E-state index contributed by atoms with van der Waals surface area (Å²) in [6, 6.07) is 8.34. The maximum atomic E-state index is 12.3. The second-order valence-electron chi connectivity index (χ2n) is 7.65. The van der Waals surface area contributed by atoms with E-state index in [1.165, 1.54) is 18.5 Å². The summed E-state index contributed by atoms with van der Waals surface area (Å²) in [5.74, 6) is 3.19. The Morgan fingerprint density at radius 1 is 1.24 bits per heavy atom. The number of carbonyl (C=O) groups is 1. The highest BCUT2D eigenvalue weighted by Gasteiger charge is 2.26. The van der Waals surface area contributed by atoms with Gasteiger partial charge in [0.25, 0.3) is 0 Å². The number of fused-ring (bicyclic) bond motifs is 1. The summed E-state index contributed by atoms with van der Waals surface area (Å²) in [5.41, 5.74) is 1.31. The van der Waals surface area contributed by atoms with Crippen LogP contribution in [0, 0.1) is 18.8 Å². The predicted molar refractivity (Wildman–Crippen MR) is 95.8 cm³/mol. The summed E-state index contributed by atoms with van der Waals surface area (Å²) in [4.78, 5) is 14.7. The zero-order valence-corrected chi connectivity index (χ0v) is 14.9. The summed E-state index contributed by atoms with van der Waals surface area (Å²) in [6.45, 7) is 6.34. The van der Waals surface area contributed by atoms with Crippen molar-refractivity contribution in [3.05, 3.63) is 47.7 Å². The maximum absolute atomic E-state index is 12.3. The van der Waals surface area contributed by atoms with Crippen LogP contribution in [-0.4, -0.2) is 28.5 Å². The average molecular weight is 341 g/mol. The SMILES string of the molecule is Cc1ccc(CN2Cc3cccn3CC(CC(=O)NCC3CC3)C2)o1. The third-order valence-corrected chi connectivity index (χ3v) is 5.21. The van der Waals surface area contributed by atoms with Crippen LogP contribution in [0.25, 0.3) is 0 Å². The number of hydrogen-bond acceptors (Lipinski definition) is 3. The van der Waals surface area contributed by atoms with Crippen LogP contribution in [0.4, 0.5) is 0 Å². The molecule has 134 valence electrons. The Kier molecular flexibility index (Phi) is 4.66. The molecular formula is C20H27N3O2. The lowest BCUT2D eigenvalue weighted by molar-refractivity contribution is -0.122. The Balaban J connectivity index is 1.41. The molecule has 0 radical (unpaired) electrons. The molecule has 1 fully saturated rings. The molecule has 0 saturated heterocycles. The molecule has 2 aromatic rings. The fraction of sp³-hybridized carbons (Fsp3) is 0.550. The van der Waals surface area contributed by atoms with Crippen LogP contribution in [0.3, 0.4) is 0 Å². The van der Waals surface area contributed by atoms with Crippen LogP contribution < -0.4 is 5.32 Å². The first-order valence-electron chi connectivity index (χ1n) is 9.34. The molecular weight excluding hydrogens is 314 g/mol. The Morgan fingerprint density at radius 2 is 2.12 bits per heavy atom. The molecule has 1 atom stereocenters. The van der Waals surface area contributed by atoms with Crippen molar-refractivity contribution in [3.63, 3.8) is 0 Å². The zero-order valence-electron chi connectivity index (χ0n) is 14.9. The number of amides is 1. The molecule has 0 spiro atoms. The molecule has 0 bridgehead atoms. The standard InChI is InChI=1S/C20H27N3O2/c1-15-4-7-19(25-15)14-22-11-17(9-20(24)21-10-16-5-6-16)12-23-8-2-3-18(23)13-22/h2-4,7-8,16-17H,5-6,9-14H2,1H3,(H,21,24). The largest absolute Gasteiger partial charge is 0.465 e. The molecule has 0 aromatic carbocycles. The van der Waals surface area contributed by atoms with Crippen molar-refractivity contribution in [1.29, 1.82) is 0 Å². The number of rotatable bonds is 6. The van der Waals surface area contributed by atoms with Crippen molar-refractivity contribution < 1.29 is 9.21 Å². The van der Waals surface area contributed by atoms with Crippen LogP contribution >= 0.6 is 0 Å². The van der Waals surface area contributed by atoms with Gasteiger partial charge in [-0.25, -0.2) is 0 Å². The molecule has 5 nitrogen and oxygen atoms in total. The smallest absolute Gasteiger partial charge is 0.220 e. The first-order valence-corrected chi connectivity index (χ1v) is 9.34. The van der Waals surface area contributed by atoms with Gasteiger partial charge in [-0.1, -0.05) is 0 Å². The van der Waals surface area contributed by atoms with E-state index in [4.69, 9.17) is 4.42 Å². The highest BCUT2D eigenvalue weighted by atomic mass is 16.3. The number of nitrogens with zero attached hydrogens (tertiary/aromatic N) is 2. The molecule has 2 aliphatic rings. The van der Waals surface area contributed by atoms with Crippen molar-refractivity contribution in [2.75, 3.05) is 13.1 Å². The van der Waals surface area contributed by atoms with Gasteiger partial charge >= 0.3 is 0 Å². The van der Waals surface area contributed by atoms with Gasteiger partial charge in [0, 0.05) is 44.5 Å². The van der Waals surface area contributed by atoms with Gasteiger partial charge in [0.15, 0.2) is 0 Å². The third kappa shape index (κ3) is 4.34. The van der Waals surface area contributed by atoms with Crippen molar-refractivity contribution in [3.8, 4) is 0 Å². The van der Waals surface area contributed by atoms with Gasteiger partial charge in [-0.3, -0.25) is 9.69 Å². The second-order valence-corrected chi connectivity index (χ2v) is 7.65. The Bertz CT molecular complexity index is 729. The van der Waals surface area contributed by atoms with Gasteiger partial charge in [0.05, 0.1) is 6.54 Å². The molecule has 5 heteroatoms. The Morgan fingerprint density at radius 3 is 2.88 bits per heavy atom. The summed E-state index contributed by atoms with van der Waals surface area (Å²) in [7, 11) is 0. The lowest BCUT2D eigenvalue weighted by Crippen LogP contribution is -2.33. The number of carbonyl (C=O) groups excluding carboxylic acids is 1. The fourth-order valence-corrected chi connectivity index (χ4v) is 3.72. The highest BCUT2D eigenvalue weighted by Crippen LogP contribution is 2.27. The van der Waals surface area contributed by atoms with Gasteiger partial charge in [0.1, 0.15) is 11.5 Å². The summed E-state index contributed by atoms with van der Waals surface area (Å²) >= 11 is 0. The van der Waals surface area contributed by atoms with Gasteiger partial charge in [0.2, 0.25) is 5.91 Å². The van der Waals surface area contributed by atoms with Crippen molar-refractivity contribution in [1.82, 2.24) is 14.8 Å². The van der Waals surface area contributed by atoms with E-state index in [1.54, 1.807) is 0 Å². The lowest BCUT2D eigenvalue weighted by Gasteiger charge is -2.23. The molecule has 4 rings (SSSR count). The lowest BCUT2D eigenvalue weighted by atomic mass is 10.0. The minimum absolute atomic E-state index is 0.196. The van der Waals surface area contributed by atoms with Gasteiger partial charge in [-0.2, -0.15) is 0 Å². The first-order chi connectivity index (χ1) is 12.2. The summed E-state index contributed by atoms with van der Waals surface area (Å²) in [5, 5.41) is 3.11.